The molecule has 0 saturated carbocycles. The number of nitrogens with zero attached hydrogens (tertiary/aromatic N) is 1. The summed E-state index contributed by atoms with van der Waals surface area (Å²) in [4.78, 5) is 25.3. The number of likely N-dealkylation sites (tertiary alicyclic amines) is 1. The predicted molar refractivity (Wildman–Crippen MR) is 135 cm³/mol. The highest BCUT2D eigenvalue weighted by molar-refractivity contribution is 6.04. The number of rotatable bonds is 7. The monoisotopic (exact) mass is 482 g/mol. The van der Waals surface area contributed by atoms with Gasteiger partial charge in [-0.1, -0.05) is 62.4 Å². The Labute approximate surface area is 205 Å². The molecule has 3 aromatic carbocycles. The lowest BCUT2D eigenvalue weighted by Crippen LogP contribution is -2.49. The smallest absolute Gasteiger partial charge is 0.309 e. The van der Waals surface area contributed by atoms with Crippen LogP contribution in [0.4, 0.5) is 14.5 Å². The van der Waals surface area contributed by atoms with Gasteiger partial charge in [0.05, 0.1) is 18.7 Å². The predicted octanol–water partition coefficient (Wildman–Crippen LogP) is 5.80. The minimum Gasteiger partial charge on any atom is -0.481 e. The van der Waals surface area contributed by atoms with Gasteiger partial charge in [0.2, 0.25) is 0 Å². The van der Waals surface area contributed by atoms with E-state index in [0.717, 1.165) is 12.0 Å². The zero-order chi connectivity index (χ0) is 25.8. The topological polar surface area (TPSA) is 69.6 Å². The Balaban J connectivity index is 0.00000103. The zero-order valence-electron chi connectivity index (χ0n) is 20.3. The summed E-state index contributed by atoms with van der Waals surface area (Å²) >= 11 is 0. The fraction of sp³-hybridized carbons (Fsp3) is 0.286. The van der Waals surface area contributed by atoms with Gasteiger partial charge in [0.1, 0.15) is 5.82 Å². The number of carbonyl (C=O) groups excluding carboxylic acids is 1. The van der Waals surface area contributed by atoms with Gasteiger partial charge in [-0.15, -0.1) is 0 Å². The van der Waals surface area contributed by atoms with Gasteiger partial charge in [-0.3, -0.25) is 18.9 Å². The molecule has 3 aromatic rings. The summed E-state index contributed by atoms with van der Waals surface area (Å²) in [6, 6.07) is 22.1. The van der Waals surface area contributed by atoms with Crippen molar-refractivity contribution in [2.75, 3.05) is 25.6 Å². The van der Waals surface area contributed by atoms with Crippen LogP contribution in [0.3, 0.4) is 0 Å². The third-order valence-corrected chi connectivity index (χ3v) is 5.45. The highest BCUT2D eigenvalue weighted by Gasteiger charge is 2.32. The second kappa shape index (κ2) is 14.0. The van der Waals surface area contributed by atoms with E-state index in [1.165, 1.54) is 17.7 Å². The summed E-state index contributed by atoms with van der Waals surface area (Å²) in [7, 11) is 0.500. The Bertz CT molecular complexity index is 1080. The summed E-state index contributed by atoms with van der Waals surface area (Å²) in [6.07, 6.45) is 0.801. The van der Waals surface area contributed by atoms with Gasteiger partial charge in [-0.05, 0) is 47.4 Å². The molecule has 0 radical (unpaired) electrons. The molecule has 0 bridgehead atoms. The Morgan fingerprint density at radius 2 is 1.49 bits per heavy atom. The van der Waals surface area contributed by atoms with Crippen LogP contribution in [0.5, 0.6) is 0 Å². The number of nitrogens with one attached hydrogen (secondary N) is 1. The van der Waals surface area contributed by atoms with Crippen LogP contribution < -0.4 is 5.32 Å². The maximum Gasteiger partial charge on any atom is 0.309 e. The highest BCUT2D eigenvalue weighted by Crippen LogP contribution is 2.21. The van der Waals surface area contributed by atoms with Crippen molar-refractivity contribution in [3.05, 3.63) is 101 Å². The number of carboxylic acids is 1. The average Bonchev–Trinajstić information content (AvgIpc) is 2.85. The van der Waals surface area contributed by atoms with Crippen LogP contribution in [0.2, 0.25) is 0 Å². The number of aliphatic carboxylic acids is 1. The van der Waals surface area contributed by atoms with Crippen molar-refractivity contribution in [3.63, 3.8) is 0 Å². The molecule has 4 rings (SSSR count). The number of benzene rings is 3. The van der Waals surface area contributed by atoms with E-state index < -0.39 is 17.7 Å². The fourth-order valence-electron chi connectivity index (χ4n) is 3.69. The molecule has 1 saturated heterocycles. The Morgan fingerprint density at radius 1 is 0.914 bits per heavy atom. The van der Waals surface area contributed by atoms with Gasteiger partial charge < -0.3 is 10.4 Å². The summed E-state index contributed by atoms with van der Waals surface area (Å²) in [5.41, 5.74) is 3.62. The molecule has 5 nitrogen and oxygen atoms in total. The quantitative estimate of drug-likeness (QED) is 0.447. The lowest BCUT2D eigenvalue weighted by molar-refractivity contribution is -0.147. The van der Waals surface area contributed by atoms with E-state index >= 15 is 0 Å². The fourth-order valence-corrected chi connectivity index (χ4v) is 3.69. The number of amides is 1. The molecule has 1 amide bonds. The van der Waals surface area contributed by atoms with Crippen LogP contribution in [0.1, 0.15) is 40.9 Å². The van der Waals surface area contributed by atoms with Crippen molar-refractivity contribution >= 4 is 17.6 Å². The number of hydrogen-bond acceptors (Lipinski definition) is 3. The lowest BCUT2D eigenvalue weighted by atomic mass is 9.99. The summed E-state index contributed by atoms with van der Waals surface area (Å²) in [6.45, 7) is 5.38. The molecule has 1 heterocycles. The van der Waals surface area contributed by atoms with Gasteiger partial charge >= 0.3 is 5.97 Å². The standard InChI is InChI=1S/C25H23FN2O3.C2H6.CH3F/c26-23-13-19(14-28-15-20(16-28)25(30)31)8-11-22(23)24(29)27-21-9-6-18(7-10-21)12-17-4-2-1-3-5-17;2*1-2/h1-11,13,20H,12,14-16H2,(H,27,29)(H,30,31);1-2H3;1H3. The van der Waals surface area contributed by atoms with Gasteiger partial charge in [0.15, 0.2) is 0 Å². The van der Waals surface area contributed by atoms with E-state index in [-0.39, 0.29) is 11.5 Å². The van der Waals surface area contributed by atoms with Gasteiger partial charge in [0.25, 0.3) is 5.91 Å². The van der Waals surface area contributed by atoms with Crippen molar-refractivity contribution in [1.82, 2.24) is 4.90 Å². The number of halogens is 2. The molecule has 0 atom stereocenters. The first kappa shape index (κ1) is 27.7. The van der Waals surface area contributed by atoms with Crippen LogP contribution in [-0.4, -0.2) is 42.1 Å². The number of carboxylic acid groups (broad SMARTS) is 1. The number of hydrogen-bond donors (Lipinski definition) is 2. The first-order chi connectivity index (χ1) is 17.0. The van der Waals surface area contributed by atoms with E-state index in [4.69, 9.17) is 5.11 Å². The Hall–Kier alpha value is -3.58. The van der Waals surface area contributed by atoms with Crippen LogP contribution in [0.25, 0.3) is 0 Å². The molecule has 35 heavy (non-hydrogen) atoms. The molecule has 1 aliphatic heterocycles. The molecule has 0 unspecified atom stereocenters. The number of carbonyl (C=O) groups is 2. The van der Waals surface area contributed by atoms with Crippen LogP contribution in [0, 0.1) is 11.7 Å². The molecule has 2 N–H and O–H groups in total. The van der Waals surface area contributed by atoms with Crippen LogP contribution in [0.15, 0.2) is 72.8 Å². The third-order valence-electron chi connectivity index (χ3n) is 5.45. The summed E-state index contributed by atoms with van der Waals surface area (Å²) in [5.74, 6) is -2.25. The van der Waals surface area contributed by atoms with Crippen LogP contribution in [-0.2, 0) is 17.8 Å². The molecule has 1 aliphatic rings. The summed E-state index contributed by atoms with van der Waals surface area (Å²) in [5, 5.41) is 11.7. The van der Waals surface area contributed by atoms with Crippen molar-refractivity contribution in [2.24, 2.45) is 5.92 Å². The molecule has 7 heteroatoms. The maximum atomic E-state index is 14.5. The van der Waals surface area contributed by atoms with Crippen molar-refractivity contribution in [2.45, 2.75) is 26.8 Å². The van der Waals surface area contributed by atoms with Gasteiger partial charge in [0, 0.05) is 25.3 Å². The van der Waals surface area contributed by atoms with E-state index in [0.29, 0.717) is 38.1 Å². The van der Waals surface area contributed by atoms with E-state index in [1.54, 1.807) is 6.07 Å². The minimum absolute atomic E-state index is 0.0239. The van der Waals surface area contributed by atoms with Gasteiger partial charge in [-0.2, -0.15) is 0 Å². The molecule has 186 valence electrons. The second-order valence-electron chi connectivity index (χ2n) is 7.86. The van der Waals surface area contributed by atoms with Gasteiger partial charge in [-0.25, -0.2) is 4.39 Å². The molecule has 1 fully saturated rings. The SMILES string of the molecule is CC.CF.O=C(Nc1ccc(Cc2ccccc2)cc1)c1ccc(CN2CC(C(=O)O)C2)cc1F. The van der Waals surface area contributed by atoms with Crippen LogP contribution >= 0.6 is 0 Å². The Morgan fingerprint density at radius 3 is 2.06 bits per heavy atom. The second-order valence-corrected chi connectivity index (χ2v) is 7.86. The largest absolute Gasteiger partial charge is 0.481 e. The molecular formula is C28H32F2N2O3. The van der Waals surface area contributed by atoms with E-state index in [1.807, 2.05) is 61.2 Å². The van der Waals surface area contributed by atoms with Crippen molar-refractivity contribution < 1.29 is 23.5 Å². The first-order valence-corrected chi connectivity index (χ1v) is 11.5. The van der Waals surface area contributed by atoms with E-state index in [9.17, 15) is 18.4 Å². The number of alkyl halides is 1. The normalized spacial score (nSPS) is 12.8. The third kappa shape index (κ3) is 8.00. The number of anilines is 1. The lowest BCUT2D eigenvalue weighted by Gasteiger charge is -2.36. The maximum absolute atomic E-state index is 14.5. The summed E-state index contributed by atoms with van der Waals surface area (Å²) < 4.78 is 24.0. The molecule has 0 aliphatic carbocycles. The molecule has 0 aromatic heterocycles. The molecular weight excluding hydrogens is 450 g/mol. The van der Waals surface area contributed by atoms with E-state index in [2.05, 4.69) is 17.4 Å². The highest BCUT2D eigenvalue weighted by atomic mass is 19.1. The molecule has 0 spiro atoms. The Kier molecular flexibility index (Phi) is 11.0. The first-order valence-electron chi connectivity index (χ1n) is 11.5. The zero-order valence-corrected chi connectivity index (χ0v) is 20.3. The minimum atomic E-state index is -0.803. The van der Waals surface area contributed by atoms with Crippen molar-refractivity contribution in [3.8, 4) is 0 Å². The van der Waals surface area contributed by atoms with Crippen molar-refractivity contribution in [1.29, 1.82) is 0 Å². The average molecular weight is 483 g/mol.